The van der Waals surface area contributed by atoms with E-state index in [2.05, 4.69) is 15.2 Å². The van der Waals surface area contributed by atoms with Crippen molar-refractivity contribution < 1.29 is 8.42 Å². The maximum atomic E-state index is 10.9. The predicted molar refractivity (Wildman–Crippen MR) is 55.8 cm³/mol. The standard InChI is InChI=1S/C7H8N4O2S2/c1-4-2-3-5(14-4)6-9-7(11-10-6)15(8,12)13/h2-3H,1H3,(H2,8,12,13)(H,9,10,11). The van der Waals surface area contributed by atoms with E-state index in [4.69, 9.17) is 5.14 Å². The Hall–Kier alpha value is -1.25. The van der Waals surface area contributed by atoms with Gasteiger partial charge >= 0.3 is 0 Å². The van der Waals surface area contributed by atoms with Crippen LogP contribution in [0.1, 0.15) is 4.88 Å². The third kappa shape index (κ3) is 2.06. The molecule has 3 N–H and O–H groups in total. The fourth-order valence-corrected chi connectivity index (χ4v) is 2.23. The van der Waals surface area contributed by atoms with Crippen LogP contribution >= 0.6 is 11.3 Å². The lowest BCUT2D eigenvalue weighted by atomic mass is 10.4. The molecule has 0 unspecified atom stereocenters. The maximum Gasteiger partial charge on any atom is 0.273 e. The average Bonchev–Trinajstić information content (AvgIpc) is 2.69. The summed E-state index contributed by atoms with van der Waals surface area (Å²) in [6.45, 7) is 1.95. The van der Waals surface area contributed by atoms with Crippen LogP contribution in [0.2, 0.25) is 0 Å². The van der Waals surface area contributed by atoms with Crippen molar-refractivity contribution in [3.63, 3.8) is 0 Å². The van der Waals surface area contributed by atoms with Gasteiger partial charge in [-0.15, -0.1) is 11.3 Å². The molecule has 6 nitrogen and oxygen atoms in total. The van der Waals surface area contributed by atoms with Crippen LogP contribution < -0.4 is 5.14 Å². The van der Waals surface area contributed by atoms with Crippen molar-refractivity contribution >= 4 is 21.4 Å². The van der Waals surface area contributed by atoms with E-state index in [9.17, 15) is 8.42 Å². The summed E-state index contributed by atoms with van der Waals surface area (Å²) < 4.78 is 21.9. The summed E-state index contributed by atoms with van der Waals surface area (Å²) in [5, 5.41) is 10.6. The minimum Gasteiger partial charge on any atom is -0.248 e. The Morgan fingerprint density at radius 3 is 2.67 bits per heavy atom. The van der Waals surface area contributed by atoms with Crippen LogP contribution in [0.5, 0.6) is 0 Å². The van der Waals surface area contributed by atoms with Crippen molar-refractivity contribution in [1.82, 2.24) is 15.2 Å². The van der Waals surface area contributed by atoms with Crippen molar-refractivity contribution in [3.8, 4) is 10.7 Å². The zero-order valence-electron chi connectivity index (χ0n) is 7.76. The molecule has 8 heteroatoms. The first-order chi connectivity index (χ1) is 6.97. The van der Waals surface area contributed by atoms with E-state index >= 15 is 0 Å². The highest BCUT2D eigenvalue weighted by atomic mass is 32.2. The van der Waals surface area contributed by atoms with E-state index in [0.29, 0.717) is 5.82 Å². The van der Waals surface area contributed by atoms with E-state index in [1.165, 1.54) is 11.3 Å². The first-order valence-electron chi connectivity index (χ1n) is 3.99. The number of aromatic amines is 1. The summed E-state index contributed by atoms with van der Waals surface area (Å²) in [7, 11) is -3.81. The van der Waals surface area contributed by atoms with Gasteiger partial charge in [-0.05, 0) is 19.1 Å². The van der Waals surface area contributed by atoms with Gasteiger partial charge in [-0.25, -0.2) is 18.7 Å². The summed E-state index contributed by atoms with van der Waals surface area (Å²) in [5.74, 6) is 0.345. The van der Waals surface area contributed by atoms with Crippen molar-refractivity contribution in [3.05, 3.63) is 17.0 Å². The second-order valence-electron chi connectivity index (χ2n) is 2.92. The Bertz CT molecular complexity index is 584. The van der Waals surface area contributed by atoms with Crippen LogP contribution in [0.3, 0.4) is 0 Å². The number of sulfonamides is 1. The number of nitrogens with one attached hydrogen (secondary N) is 1. The van der Waals surface area contributed by atoms with Gasteiger partial charge in [-0.1, -0.05) is 0 Å². The molecule has 0 aromatic carbocycles. The molecular formula is C7H8N4O2S2. The van der Waals surface area contributed by atoms with E-state index in [-0.39, 0.29) is 5.16 Å². The first-order valence-corrected chi connectivity index (χ1v) is 6.35. The fraction of sp³-hybridized carbons (Fsp3) is 0.143. The molecule has 0 aliphatic rings. The van der Waals surface area contributed by atoms with Gasteiger partial charge in [0.1, 0.15) is 0 Å². The molecule has 2 rings (SSSR count). The molecule has 0 aliphatic carbocycles. The molecule has 0 fully saturated rings. The molecule has 0 saturated carbocycles. The molecule has 2 aromatic rings. The molecular weight excluding hydrogens is 236 g/mol. The summed E-state index contributed by atoms with van der Waals surface area (Å²) in [6.07, 6.45) is 0. The van der Waals surface area contributed by atoms with E-state index in [1.807, 2.05) is 19.1 Å². The smallest absolute Gasteiger partial charge is 0.248 e. The number of H-pyrrole nitrogens is 1. The van der Waals surface area contributed by atoms with Crippen molar-refractivity contribution in [1.29, 1.82) is 0 Å². The zero-order chi connectivity index (χ0) is 11.1. The van der Waals surface area contributed by atoms with Crippen molar-refractivity contribution in [2.45, 2.75) is 12.1 Å². The number of primary sulfonamides is 1. The summed E-state index contributed by atoms with van der Waals surface area (Å²) in [6, 6.07) is 3.74. The molecule has 15 heavy (non-hydrogen) atoms. The molecule has 80 valence electrons. The Kier molecular flexibility index (Phi) is 2.33. The first kappa shape index (κ1) is 10.3. The number of thiophene rings is 1. The van der Waals surface area contributed by atoms with Gasteiger partial charge < -0.3 is 0 Å². The summed E-state index contributed by atoms with van der Waals surface area (Å²) >= 11 is 1.48. The van der Waals surface area contributed by atoms with Crippen molar-refractivity contribution in [2.75, 3.05) is 0 Å². The third-order valence-electron chi connectivity index (χ3n) is 1.70. The predicted octanol–water partition coefficient (Wildman–Crippen LogP) is 0.489. The lowest BCUT2D eigenvalue weighted by Crippen LogP contribution is -2.13. The van der Waals surface area contributed by atoms with E-state index in [1.54, 1.807) is 0 Å². The lowest BCUT2D eigenvalue weighted by Gasteiger charge is -1.87. The number of nitrogens with zero attached hydrogens (tertiary/aromatic N) is 2. The van der Waals surface area contributed by atoms with Gasteiger partial charge in [-0.2, -0.15) is 10.1 Å². The quantitative estimate of drug-likeness (QED) is 0.802. The van der Waals surface area contributed by atoms with Crippen LogP contribution in [0.25, 0.3) is 10.7 Å². The van der Waals surface area contributed by atoms with Crippen LogP contribution in [0.4, 0.5) is 0 Å². The van der Waals surface area contributed by atoms with Gasteiger partial charge in [0.25, 0.3) is 15.2 Å². The summed E-state index contributed by atoms with van der Waals surface area (Å²) in [5.41, 5.74) is 0. The highest BCUT2D eigenvalue weighted by molar-refractivity contribution is 7.89. The van der Waals surface area contributed by atoms with Gasteiger partial charge in [0.15, 0.2) is 5.82 Å². The highest BCUT2D eigenvalue weighted by Crippen LogP contribution is 2.24. The number of nitrogens with two attached hydrogens (primary N) is 1. The SMILES string of the molecule is Cc1ccc(-c2n[nH]c(S(N)(=O)=O)n2)s1. The molecule has 2 aromatic heterocycles. The van der Waals surface area contributed by atoms with Crippen LogP contribution in [0, 0.1) is 6.92 Å². The Morgan fingerprint density at radius 1 is 1.47 bits per heavy atom. The minimum atomic E-state index is -3.81. The maximum absolute atomic E-state index is 10.9. The molecule has 0 spiro atoms. The Morgan fingerprint density at radius 2 is 2.20 bits per heavy atom. The molecule has 0 radical (unpaired) electrons. The van der Waals surface area contributed by atoms with Gasteiger partial charge in [0.2, 0.25) is 0 Å². The number of aryl methyl sites for hydroxylation is 1. The van der Waals surface area contributed by atoms with Crippen LogP contribution in [-0.4, -0.2) is 23.6 Å². The monoisotopic (exact) mass is 244 g/mol. The second kappa shape index (κ2) is 3.40. The molecule has 0 saturated heterocycles. The average molecular weight is 244 g/mol. The topological polar surface area (TPSA) is 102 Å². The van der Waals surface area contributed by atoms with Gasteiger partial charge in [0, 0.05) is 4.88 Å². The van der Waals surface area contributed by atoms with E-state index in [0.717, 1.165) is 9.75 Å². The molecule has 0 aliphatic heterocycles. The third-order valence-corrected chi connectivity index (χ3v) is 3.41. The van der Waals surface area contributed by atoms with E-state index < -0.39 is 10.0 Å². The van der Waals surface area contributed by atoms with Crippen LogP contribution in [-0.2, 0) is 10.0 Å². The number of aromatic nitrogens is 3. The van der Waals surface area contributed by atoms with Crippen molar-refractivity contribution in [2.24, 2.45) is 5.14 Å². The Labute approximate surface area is 90.2 Å². The Balaban J connectivity index is 2.44. The minimum absolute atomic E-state index is 0.316. The molecule has 0 bridgehead atoms. The highest BCUT2D eigenvalue weighted by Gasteiger charge is 2.15. The van der Waals surface area contributed by atoms with Gasteiger partial charge in [-0.3, -0.25) is 0 Å². The molecule has 0 atom stereocenters. The fourth-order valence-electron chi connectivity index (χ4n) is 1.04. The van der Waals surface area contributed by atoms with Crippen LogP contribution in [0.15, 0.2) is 17.3 Å². The number of hydrogen-bond donors (Lipinski definition) is 2. The van der Waals surface area contributed by atoms with Gasteiger partial charge in [0.05, 0.1) is 4.88 Å². The summed E-state index contributed by atoms with van der Waals surface area (Å²) in [4.78, 5) is 5.70. The normalized spacial score (nSPS) is 11.9. The second-order valence-corrected chi connectivity index (χ2v) is 5.68. The number of rotatable bonds is 2. The largest absolute Gasteiger partial charge is 0.273 e. The zero-order valence-corrected chi connectivity index (χ0v) is 9.39. The molecule has 0 amide bonds. The molecule has 2 heterocycles. The lowest BCUT2D eigenvalue weighted by molar-refractivity contribution is 0.589. The number of hydrogen-bond acceptors (Lipinski definition) is 5.